The van der Waals surface area contributed by atoms with Crippen molar-refractivity contribution >= 4 is 5.97 Å². The van der Waals surface area contributed by atoms with E-state index in [1.54, 1.807) is 24.3 Å². The fourth-order valence-corrected chi connectivity index (χ4v) is 3.28. The molecule has 2 aromatic carbocycles. The third-order valence-corrected chi connectivity index (χ3v) is 4.72. The molecule has 132 valence electrons. The summed E-state index contributed by atoms with van der Waals surface area (Å²) in [5.74, 6) is -2.41. The van der Waals surface area contributed by atoms with E-state index >= 15 is 0 Å². The van der Waals surface area contributed by atoms with Crippen LogP contribution in [-0.4, -0.2) is 34.2 Å². The summed E-state index contributed by atoms with van der Waals surface area (Å²) in [6.45, 7) is 1.58. The van der Waals surface area contributed by atoms with Gasteiger partial charge in [-0.25, -0.2) is 13.6 Å². The number of hydrogen-bond acceptors (Lipinski definition) is 3. The lowest BCUT2D eigenvalue weighted by Gasteiger charge is -2.38. The number of halogens is 2. The summed E-state index contributed by atoms with van der Waals surface area (Å²) in [5.41, 5.74) is -0.571. The Morgan fingerprint density at radius 1 is 1.04 bits per heavy atom. The summed E-state index contributed by atoms with van der Waals surface area (Å²) in [6, 6.07) is 10.2. The number of aliphatic hydroxyl groups is 1. The number of carboxylic acids is 1. The molecule has 0 aliphatic carbocycles. The van der Waals surface area contributed by atoms with Crippen molar-refractivity contribution in [3.8, 4) is 0 Å². The fraction of sp³-hybridized carbons (Fsp3) is 0.316. The molecule has 3 rings (SSSR count). The van der Waals surface area contributed by atoms with Crippen LogP contribution in [0.5, 0.6) is 0 Å². The molecule has 0 atom stereocenters. The average molecular weight is 347 g/mol. The highest BCUT2D eigenvalue weighted by Gasteiger charge is 2.38. The Balaban J connectivity index is 1.66. The largest absolute Gasteiger partial charge is 0.478 e. The summed E-state index contributed by atoms with van der Waals surface area (Å²) in [4.78, 5) is 12.9. The van der Waals surface area contributed by atoms with Crippen LogP contribution in [0.1, 0.15) is 34.3 Å². The maximum absolute atomic E-state index is 14.0. The standard InChI is InChI=1S/C19H19F2NO3/c20-15-2-1-3-16(21)17(15)19(25)8-10-22(11-9-19)12-13-4-6-14(7-5-13)18(23)24/h1-7,25H,8-12H2,(H,23,24). The molecule has 2 N–H and O–H groups in total. The number of likely N-dealkylation sites (tertiary alicyclic amines) is 1. The maximum atomic E-state index is 14.0. The van der Waals surface area contributed by atoms with Gasteiger partial charge in [0.15, 0.2) is 0 Å². The molecule has 4 nitrogen and oxygen atoms in total. The molecular weight excluding hydrogens is 328 g/mol. The zero-order chi connectivity index (χ0) is 18.0. The van der Waals surface area contributed by atoms with E-state index in [4.69, 9.17) is 5.11 Å². The molecule has 0 unspecified atom stereocenters. The van der Waals surface area contributed by atoms with Gasteiger partial charge >= 0.3 is 5.97 Å². The van der Waals surface area contributed by atoms with E-state index in [9.17, 15) is 18.7 Å². The average Bonchev–Trinajstić information content (AvgIpc) is 2.57. The van der Waals surface area contributed by atoms with E-state index in [2.05, 4.69) is 4.90 Å². The van der Waals surface area contributed by atoms with E-state index in [1.165, 1.54) is 6.07 Å². The maximum Gasteiger partial charge on any atom is 0.335 e. The van der Waals surface area contributed by atoms with Crippen LogP contribution < -0.4 is 0 Å². The second-order valence-corrected chi connectivity index (χ2v) is 6.41. The Kier molecular flexibility index (Phi) is 4.83. The highest BCUT2D eigenvalue weighted by Crippen LogP contribution is 2.36. The molecule has 0 spiro atoms. The van der Waals surface area contributed by atoms with Gasteiger partial charge in [-0.2, -0.15) is 0 Å². The van der Waals surface area contributed by atoms with Gasteiger partial charge in [0.2, 0.25) is 0 Å². The summed E-state index contributed by atoms with van der Waals surface area (Å²) in [7, 11) is 0. The third-order valence-electron chi connectivity index (χ3n) is 4.72. The van der Waals surface area contributed by atoms with Gasteiger partial charge in [-0.15, -0.1) is 0 Å². The summed E-state index contributed by atoms with van der Waals surface area (Å²) in [6.07, 6.45) is 0.468. The lowest BCUT2D eigenvalue weighted by molar-refractivity contribution is -0.0329. The number of carboxylic acid groups (broad SMARTS) is 1. The van der Waals surface area contributed by atoms with Crippen LogP contribution in [0.15, 0.2) is 42.5 Å². The van der Waals surface area contributed by atoms with E-state index < -0.39 is 23.2 Å². The van der Waals surface area contributed by atoms with Gasteiger partial charge < -0.3 is 10.2 Å². The molecule has 0 amide bonds. The number of rotatable bonds is 4. The van der Waals surface area contributed by atoms with E-state index in [1.807, 2.05) is 0 Å². The number of carbonyl (C=O) groups is 1. The monoisotopic (exact) mass is 347 g/mol. The Labute approximate surface area is 144 Å². The van der Waals surface area contributed by atoms with E-state index in [0.717, 1.165) is 17.7 Å². The first kappa shape index (κ1) is 17.5. The van der Waals surface area contributed by atoms with Crippen LogP contribution in [-0.2, 0) is 12.1 Å². The molecule has 1 aliphatic heterocycles. The van der Waals surface area contributed by atoms with Crippen molar-refractivity contribution in [3.05, 3.63) is 70.8 Å². The van der Waals surface area contributed by atoms with Crippen LogP contribution in [0.4, 0.5) is 8.78 Å². The molecular formula is C19H19F2NO3. The minimum Gasteiger partial charge on any atom is -0.478 e. The third kappa shape index (κ3) is 3.70. The molecule has 25 heavy (non-hydrogen) atoms. The first-order valence-electron chi connectivity index (χ1n) is 8.10. The Hall–Kier alpha value is -2.31. The quantitative estimate of drug-likeness (QED) is 0.892. The number of aromatic carboxylic acids is 1. The minimum absolute atomic E-state index is 0.229. The van der Waals surface area contributed by atoms with Crippen molar-refractivity contribution < 1.29 is 23.8 Å². The number of nitrogens with zero attached hydrogens (tertiary/aromatic N) is 1. The highest BCUT2D eigenvalue weighted by atomic mass is 19.1. The van der Waals surface area contributed by atoms with Gasteiger partial charge in [0.25, 0.3) is 0 Å². The van der Waals surface area contributed by atoms with Gasteiger partial charge in [-0.05, 0) is 42.7 Å². The van der Waals surface area contributed by atoms with Gasteiger partial charge in [0.05, 0.1) is 16.7 Å². The molecule has 1 fully saturated rings. The zero-order valence-corrected chi connectivity index (χ0v) is 13.6. The van der Waals surface area contributed by atoms with Crippen LogP contribution in [0.25, 0.3) is 0 Å². The minimum atomic E-state index is -1.50. The molecule has 2 aromatic rings. The highest BCUT2D eigenvalue weighted by molar-refractivity contribution is 5.87. The van der Waals surface area contributed by atoms with Gasteiger partial charge in [-0.3, -0.25) is 4.90 Å². The second kappa shape index (κ2) is 6.90. The Morgan fingerprint density at radius 2 is 1.60 bits per heavy atom. The molecule has 1 saturated heterocycles. The molecule has 0 bridgehead atoms. The Morgan fingerprint density at radius 3 is 2.12 bits per heavy atom. The topological polar surface area (TPSA) is 60.8 Å². The summed E-state index contributed by atoms with van der Waals surface area (Å²) in [5, 5.41) is 19.6. The van der Waals surface area contributed by atoms with E-state index in [0.29, 0.717) is 19.6 Å². The number of benzene rings is 2. The molecule has 0 aromatic heterocycles. The smallest absolute Gasteiger partial charge is 0.335 e. The van der Waals surface area contributed by atoms with Gasteiger partial charge in [0.1, 0.15) is 11.6 Å². The number of piperidine rings is 1. The van der Waals surface area contributed by atoms with Gasteiger partial charge in [-0.1, -0.05) is 18.2 Å². The van der Waals surface area contributed by atoms with Crippen molar-refractivity contribution in [1.29, 1.82) is 0 Å². The van der Waals surface area contributed by atoms with Crippen LogP contribution in [0.3, 0.4) is 0 Å². The molecule has 1 heterocycles. The first-order valence-corrected chi connectivity index (χ1v) is 8.10. The van der Waals surface area contributed by atoms with Crippen molar-refractivity contribution in [2.45, 2.75) is 25.0 Å². The number of hydrogen-bond donors (Lipinski definition) is 2. The van der Waals surface area contributed by atoms with Crippen molar-refractivity contribution in [2.24, 2.45) is 0 Å². The van der Waals surface area contributed by atoms with E-state index in [-0.39, 0.29) is 24.0 Å². The summed E-state index contributed by atoms with van der Waals surface area (Å²) < 4.78 is 27.9. The molecule has 1 aliphatic rings. The zero-order valence-electron chi connectivity index (χ0n) is 13.6. The summed E-state index contributed by atoms with van der Waals surface area (Å²) >= 11 is 0. The normalized spacial score (nSPS) is 17.4. The lowest BCUT2D eigenvalue weighted by atomic mass is 9.83. The second-order valence-electron chi connectivity index (χ2n) is 6.41. The predicted molar refractivity (Wildman–Crippen MR) is 88.2 cm³/mol. The van der Waals surface area contributed by atoms with Gasteiger partial charge in [0, 0.05) is 19.6 Å². The fourth-order valence-electron chi connectivity index (χ4n) is 3.28. The lowest BCUT2D eigenvalue weighted by Crippen LogP contribution is -2.43. The SMILES string of the molecule is O=C(O)c1ccc(CN2CCC(O)(c3c(F)cccc3F)CC2)cc1. The van der Waals surface area contributed by atoms with Crippen LogP contribution >= 0.6 is 0 Å². The Bertz CT molecular complexity index is 748. The molecule has 0 radical (unpaired) electrons. The van der Waals surface area contributed by atoms with Crippen molar-refractivity contribution in [3.63, 3.8) is 0 Å². The van der Waals surface area contributed by atoms with Crippen LogP contribution in [0.2, 0.25) is 0 Å². The van der Waals surface area contributed by atoms with Crippen molar-refractivity contribution in [1.82, 2.24) is 4.90 Å². The van der Waals surface area contributed by atoms with Crippen LogP contribution in [0, 0.1) is 11.6 Å². The van der Waals surface area contributed by atoms with Crippen molar-refractivity contribution in [2.75, 3.05) is 13.1 Å². The molecule has 6 heteroatoms. The predicted octanol–water partition coefficient (Wildman–Crippen LogP) is 3.15. The first-order chi connectivity index (χ1) is 11.9. The molecule has 0 saturated carbocycles.